The second kappa shape index (κ2) is 5.01. The molecule has 0 aliphatic carbocycles. The standard InChI is InChI=1S/C12H17OSi/c1-5-7-11-9-6-8-10(2)12(11)13-14(3)4/h5-6,8-9H,1,7H2,2-4H3. The van der Waals surface area contributed by atoms with E-state index in [9.17, 15) is 0 Å². The largest absolute Gasteiger partial charge is 0.542 e. The van der Waals surface area contributed by atoms with Gasteiger partial charge >= 0.3 is 0 Å². The van der Waals surface area contributed by atoms with Gasteiger partial charge in [-0.05, 0) is 37.6 Å². The second-order valence-electron chi connectivity index (χ2n) is 3.57. The van der Waals surface area contributed by atoms with Crippen LogP contribution in [-0.2, 0) is 6.42 Å². The third-order valence-electron chi connectivity index (χ3n) is 1.96. The molecule has 0 saturated carbocycles. The average molecular weight is 205 g/mol. The maximum Gasteiger partial charge on any atom is 0.274 e. The predicted octanol–water partition coefficient (Wildman–Crippen LogP) is 3.35. The van der Waals surface area contributed by atoms with Gasteiger partial charge in [0.25, 0.3) is 9.04 Å². The third kappa shape index (κ3) is 2.74. The summed E-state index contributed by atoms with van der Waals surface area (Å²) in [6.45, 7) is 10.1. The number of allylic oxidation sites excluding steroid dienone is 1. The fourth-order valence-electron chi connectivity index (χ4n) is 1.38. The fraction of sp³-hybridized carbons (Fsp3) is 0.333. The monoisotopic (exact) mass is 205 g/mol. The zero-order chi connectivity index (χ0) is 10.6. The van der Waals surface area contributed by atoms with Crippen molar-refractivity contribution in [2.24, 2.45) is 0 Å². The number of benzene rings is 1. The molecule has 0 N–H and O–H groups in total. The van der Waals surface area contributed by atoms with Gasteiger partial charge in [0.1, 0.15) is 5.75 Å². The molecule has 0 saturated heterocycles. The number of rotatable bonds is 4. The summed E-state index contributed by atoms with van der Waals surface area (Å²) in [4.78, 5) is 0. The van der Waals surface area contributed by atoms with Gasteiger partial charge in [0.2, 0.25) is 0 Å². The first kappa shape index (κ1) is 11.1. The summed E-state index contributed by atoms with van der Waals surface area (Å²) < 4.78 is 5.88. The molecule has 0 fully saturated rings. The maximum atomic E-state index is 5.88. The van der Waals surface area contributed by atoms with Crippen LogP contribution in [0.5, 0.6) is 5.75 Å². The van der Waals surface area contributed by atoms with Gasteiger partial charge in [-0.3, -0.25) is 0 Å². The van der Waals surface area contributed by atoms with E-state index in [-0.39, 0.29) is 0 Å². The highest BCUT2D eigenvalue weighted by Gasteiger charge is 2.08. The van der Waals surface area contributed by atoms with E-state index >= 15 is 0 Å². The third-order valence-corrected chi connectivity index (χ3v) is 2.58. The van der Waals surface area contributed by atoms with Crippen molar-refractivity contribution in [2.75, 3.05) is 0 Å². The number of hydrogen-bond acceptors (Lipinski definition) is 1. The zero-order valence-corrected chi connectivity index (χ0v) is 10.1. The van der Waals surface area contributed by atoms with E-state index in [1.165, 1.54) is 11.1 Å². The van der Waals surface area contributed by atoms with E-state index in [2.05, 4.69) is 44.8 Å². The van der Waals surface area contributed by atoms with Crippen molar-refractivity contribution in [3.63, 3.8) is 0 Å². The second-order valence-corrected chi connectivity index (χ2v) is 5.59. The minimum absolute atomic E-state index is 0.683. The lowest BCUT2D eigenvalue weighted by atomic mass is 10.1. The number of aryl methyl sites for hydroxylation is 1. The van der Waals surface area contributed by atoms with Crippen molar-refractivity contribution in [3.05, 3.63) is 42.0 Å². The van der Waals surface area contributed by atoms with E-state index in [0.717, 1.165) is 12.2 Å². The maximum absolute atomic E-state index is 5.88. The van der Waals surface area contributed by atoms with Crippen LogP contribution in [-0.4, -0.2) is 9.04 Å². The molecule has 14 heavy (non-hydrogen) atoms. The van der Waals surface area contributed by atoms with Crippen LogP contribution in [0.25, 0.3) is 0 Å². The van der Waals surface area contributed by atoms with Crippen LogP contribution < -0.4 is 4.43 Å². The SMILES string of the molecule is C=CCc1cccc(C)c1O[Si](C)C. The molecular weight excluding hydrogens is 188 g/mol. The van der Waals surface area contributed by atoms with Crippen molar-refractivity contribution in [3.8, 4) is 5.75 Å². The van der Waals surface area contributed by atoms with Crippen LogP contribution in [0.3, 0.4) is 0 Å². The lowest BCUT2D eigenvalue weighted by molar-refractivity contribution is 0.568. The Morgan fingerprint density at radius 2 is 2.14 bits per heavy atom. The number of para-hydroxylation sites is 1. The van der Waals surface area contributed by atoms with E-state index in [4.69, 9.17) is 4.43 Å². The zero-order valence-electron chi connectivity index (χ0n) is 9.13. The van der Waals surface area contributed by atoms with E-state index in [1.54, 1.807) is 0 Å². The Balaban J connectivity index is 3.01. The molecular formula is C12H17OSi. The van der Waals surface area contributed by atoms with Crippen molar-refractivity contribution in [1.82, 2.24) is 0 Å². The Morgan fingerprint density at radius 1 is 1.43 bits per heavy atom. The topological polar surface area (TPSA) is 9.23 Å². The highest BCUT2D eigenvalue weighted by Crippen LogP contribution is 2.24. The van der Waals surface area contributed by atoms with Gasteiger partial charge in [0.15, 0.2) is 0 Å². The molecule has 0 aromatic heterocycles. The molecule has 1 aromatic rings. The molecule has 0 bridgehead atoms. The molecule has 1 radical (unpaired) electrons. The lowest BCUT2D eigenvalue weighted by Gasteiger charge is -2.15. The molecule has 2 heteroatoms. The Labute approximate surface area is 88.1 Å². The molecule has 0 spiro atoms. The van der Waals surface area contributed by atoms with Crippen LogP contribution in [0.15, 0.2) is 30.9 Å². The van der Waals surface area contributed by atoms with Gasteiger partial charge in [-0.1, -0.05) is 24.3 Å². The summed E-state index contributed by atoms with van der Waals surface area (Å²) in [6, 6.07) is 6.26. The van der Waals surface area contributed by atoms with Gasteiger partial charge < -0.3 is 4.43 Å². The summed E-state index contributed by atoms with van der Waals surface area (Å²) in [7, 11) is -0.683. The van der Waals surface area contributed by atoms with E-state index in [0.29, 0.717) is 0 Å². The molecule has 0 atom stereocenters. The van der Waals surface area contributed by atoms with Crippen LogP contribution >= 0.6 is 0 Å². The van der Waals surface area contributed by atoms with E-state index in [1.807, 2.05) is 6.08 Å². The first-order valence-corrected chi connectivity index (χ1v) is 7.23. The first-order valence-electron chi connectivity index (χ1n) is 4.82. The predicted molar refractivity (Wildman–Crippen MR) is 63.2 cm³/mol. The molecule has 0 aliphatic heterocycles. The summed E-state index contributed by atoms with van der Waals surface area (Å²) >= 11 is 0. The van der Waals surface area contributed by atoms with Crippen LogP contribution in [0.2, 0.25) is 13.1 Å². The Hall–Kier alpha value is -1.02. The molecule has 0 aliphatic rings. The van der Waals surface area contributed by atoms with Crippen LogP contribution in [0.1, 0.15) is 11.1 Å². The van der Waals surface area contributed by atoms with Crippen molar-refractivity contribution in [2.45, 2.75) is 26.4 Å². The van der Waals surface area contributed by atoms with Crippen LogP contribution in [0, 0.1) is 6.92 Å². The first-order chi connectivity index (χ1) is 6.65. The van der Waals surface area contributed by atoms with Gasteiger partial charge in [-0.25, -0.2) is 0 Å². The Kier molecular flexibility index (Phi) is 3.95. The van der Waals surface area contributed by atoms with Crippen LogP contribution in [0.4, 0.5) is 0 Å². The molecule has 1 nitrogen and oxygen atoms in total. The Bertz CT molecular complexity index is 318. The highest BCUT2D eigenvalue weighted by molar-refractivity contribution is 6.49. The molecule has 0 heterocycles. The normalized spacial score (nSPS) is 10.3. The Morgan fingerprint density at radius 3 is 2.71 bits per heavy atom. The van der Waals surface area contributed by atoms with Gasteiger partial charge in [0, 0.05) is 0 Å². The summed E-state index contributed by atoms with van der Waals surface area (Å²) in [5.74, 6) is 1.06. The van der Waals surface area contributed by atoms with E-state index < -0.39 is 9.04 Å². The average Bonchev–Trinajstić information content (AvgIpc) is 2.11. The fourth-order valence-corrected chi connectivity index (χ4v) is 2.08. The smallest absolute Gasteiger partial charge is 0.274 e. The minimum atomic E-state index is -0.683. The summed E-state index contributed by atoms with van der Waals surface area (Å²) in [5.41, 5.74) is 2.46. The van der Waals surface area contributed by atoms with Crippen molar-refractivity contribution >= 4 is 9.04 Å². The summed E-state index contributed by atoms with van der Waals surface area (Å²) in [5, 5.41) is 0. The van der Waals surface area contributed by atoms with Crippen molar-refractivity contribution < 1.29 is 4.43 Å². The minimum Gasteiger partial charge on any atom is -0.542 e. The van der Waals surface area contributed by atoms with Gasteiger partial charge in [0.05, 0.1) is 0 Å². The quantitative estimate of drug-likeness (QED) is 0.541. The summed E-state index contributed by atoms with van der Waals surface area (Å²) in [6.07, 6.45) is 2.80. The van der Waals surface area contributed by atoms with Crippen molar-refractivity contribution in [1.29, 1.82) is 0 Å². The molecule has 0 amide bonds. The van der Waals surface area contributed by atoms with Gasteiger partial charge in [-0.2, -0.15) is 0 Å². The highest BCUT2D eigenvalue weighted by atomic mass is 28.3. The molecule has 1 rings (SSSR count). The number of hydrogen-bond donors (Lipinski definition) is 0. The molecule has 1 aromatic carbocycles. The molecule has 75 valence electrons. The van der Waals surface area contributed by atoms with Gasteiger partial charge in [-0.15, -0.1) is 6.58 Å². The lowest BCUT2D eigenvalue weighted by Crippen LogP contribution is -2.13. The molecule has 0 unspecified atom stereocenters.